The first-order valence-electron chi connectivity index (χ1n) is 11.5. The number of carbonyl (C=O) groups is 2. The third-order valence-electron chi connectivity index (χ3n) is 6.56. The Labute approximate surface area is 203 Å². The van der Waals surface area contributed by atoms with Crippen molar-refractivity contribution in [3.8, 4) is 17.0 Å². The van der Waals surface area contributed by atoms with Gasteiger partial charge in [-0.1, -0.05) is 36.4 Å². The number of cyclic esters (lactones) is 1. The lowest BCUT2D eigenvalue weighted by molar-refractivity contribution is -0.121. The number of nitrogens with two attached hydrogens (primary N) is 1. The van der Waals surface area contributed by atoms with Crippen molar-refractivity contribution in [3.05, 3.63) is 83.8 Å². The van der Waals surface area contributed by atoms with E-state index in [9.17, 15) is 14.0 Å². The maximum absolute atomic E-state index is 13.5. The third kappa shape index (κ3) is 5.26. The van der Waals surface area contributed by atoms with Gasteiger partial charge in [0.2, 0.25) is 11.8 Å². The van der Waals surface area contributed by atoms with Crippen molar-refractivity contribution in [3.63, 3.8) is 0 Å². The zero-order chi connectivity index (χ0) is 25.0. The molecular weight excluding hydrogens is 449 g/mol. The Morgan fingerprint density at radius 1 is 1.14 bits per heavy atom. The average Bonchev–Trinajstić information content (AvgIpc) is 2.88. The van der Waals surface area contributed by atoms with Gasteiger partial charge in [0.15, 0.2) is 0 Å². The van der Waals surface area contributed by atoms with Crippen molar-refractivity contribution >= 4 is 12.0 Å². The van der Waals surface area contributed by atoms with Crippen LogP contribution in [0.1, 0.15) is 43.4 Å². The number of hydrogen-bond acceptors (Lipinski definition) is 5. The fourth-order valence-electron chi connectivity index (χ4n) is 4.43. The molecule has 2 N–H and O–H groups in total. The molecule has 7 nitrogen and oxygen atoms in total. The summed E-state index contributed by atoms with van der Waals surface area (Å²) >= 11 is 0. The molecule has 2 amide bonds. The number of methoxy groups -OCH3 is 1. The summed E-state index contributed by atoms with van der Waals surface area (Å²) < 4.78 is 24.6. The molecule has 0 radical (unpaired) electrons. The highest BCUT2D eigenvalue weighted by molar-refractivity contribution is 5.74. The molecule has 35 heavy (non-hydrogen) atoms. The van der Waals surface area contributed by atoms with Crippen molar-refractivity contribution < 1.29 is 23.5 Å². The summed E-state index contributed by atoms with van der Waals surface area (Å²) in [7, 11) is 1.57. The highest BCUT2D eigenvalue weighted by Crippen LogP contribution is 2.40. The average molecular weight is 478 g/mol. The SMILES string of the molecule is COc1ccc(-c2ccc([C@H](C)N3CCC(CCC(N)=O)(c4ccc(F)cc4)OC3=O)cc2)cn1. The Balaban J connectivity index is 1.50. The molecule has 182 valence electrons. The smallest absolute Gasteiger partial charge is 0.411 e. The zero-order valence-electron chi connectivity index (χ0n) is 19.7. The number of pyridine rings is 1. The third-order valence-corrected chi connectivity index (χ3v) is 6.56. The Morgan fingerprint density at radius 3 is 2.40 bits per heavy atom. The van der Waals surface area contributed by atoms with E-state index in [2.05, 4.69) is 4.98 Å². The van der Waals surface area contributed by atoms with Gasteiger partial charge >= 0.3 is 6.09 Å². The van der Waals surface area contributed by atoms with Gasteiger partial charge in [0.05, 0.1) is 13.2 Å². The summed E-state index contributed by atoms with van der Waals surface area (Å²) in [6.07, 6.45) is 2.02. The van der Waals surface area contributed by atoms with Gasteiger partial charge in [-0.2, -0.15) is 0 Å². The number of amides is 2. The van der Waals surface area contributed by atoms with E-state index in [1.165, 1.54) is 12.1 Å². The number of halogens is 1. The van der Waals surface area contributed by atoms with Crippen LogP contribution < -0.4 is 10.5 Å². The topological polar surface area (TPSA) is 94.8 Å². The molecule has 8 heteroatoms. The van der Waals surface area contributed by atoms with Gasteiger partial charge in [-0.3, -0.25) is 4.79 Å². The molecule has 1 aromatic heterocycles. The van der Waals surface area contributed by atoms with Gasteiger partial charge in [0, 0.05) is 43.6 Å². The van der Waals surface area contributed by atoms with Crippen molar-refractivity contribution in [1.29, 1.82) is 0 Å². The van der Waals surface area contributed by atoms with Crippen LogP contribution in [-0.2, 0) is 15.1 Å². The molecule has 2 aromatic carbocycles. The van der Waals surface area contributed by atoms with Crippen molar-refractivity contribution in [2.45, 2.75) is 37.8 Å². The molecule has 1 aliphatic rings. The molecule has 2 atom stereocenters. The van der Waals surface area contributed by atoms with E-state index < -0.39 is 17.6 Å². The van der Waals surface area contributed by atoms with Crippen molar-refractivity contribution in [2.75, 3.05) is 13.7 Å². The minimum absolute atomic E-state index is 0.0574. The second-order valence-electron chi connectivity index (χ2n) is 8.67. The summed E-state index contributed by atoms with van der Waals surface area (Å²) in [4.78, 5) is 30.5. The number of nitrogens with zero attached hydrogens (tertiary/aromatic N) is 2. The molecular formula is C27H28FN3O4. The van der Waals surface area contributed by atoms with Gasteiger partial charge in [0.1, 0.15) is 11.4 Å². The number of ether oxygens (including phenoxy) is 2. The van der Waals surface area contributed by atoms with Crippen LogP contribution in [0.25, 0.3) is 11.1 Å². The lowest BCUT2D eigenvalue weighted by atomic mass is 9.84. The minimum atomic E-state index is -1.03. The van der Waals surface area contributed by atoms with Gasteiger partial charge in [0.25, 0.3) is 0 Å². The van der Waals surface area contributed by atoms with Gasteiger partial charge in [-0.25, -0.2) is 14.2 Å². The molecule has 1 aliphatic heterocycles. The number of carbonyl (C=O) groups excluding carboxylic acids is 2. The van der Waals surface area contributed by atoms with Gasteiger partial charge in [-0.05, 0) is 41.8 Å². The monoisotopic (exact) mass is 477 g/mol. The van der Waals surface area contributed by atoms with Crippen LogP contribution in [0.3, 0.4) is 0 Å². The van der Waals surface area contributed by atoms with Crippen LogP contribution >= 0.6 is 0 Å². The van der Waals surface area contributed by atoms with Crippen molar-refractivity contribution in [2.24, 2.45) is 5.73 Å². The van der Waals surface area contributed by atoms with Gasteiger partial charge in [-0.15, -0.1) is 0 Å². The highest BCUT2D eigenvalue weighted by atomic mass is 19.1. The number of primary amides is 1. The summed E-state index contributed by atoms with van der Waals surface area (Å²) in [6.45, 7) is 2.36. The van der Waals surface area contributed by atoms with E-state index in [-0.39, 0.29) is 24.7 Å². The second-order valence-corrected chi connectivity index (χ2v) is 8.67. The number of benzene rings is 2. The molecule has 2 heterocycles. The number of rotatable bonds is 8. The maximum Gasteiger partial charge on any atom is 0.411 e. The Morgan fingerprint density at radius 2 is 1.83 bits per heavy atom. The largest absolute Gasteiger partial charge is 0.481 e. The highest BCUT2D eigenvalue weighted by Gasteiger charge is 2.43. The Bertz CT molecular complexity index is 1180. The molecule has 0 spiro atoms. The van der Waals surface area contributed by atoms with E-state index in [1.807, 2.05) is 37.3 Å². The molecule has 0 bridgehead atoms. The van der Waals surface area contributed by atoms with Crippen LogP contribution in [0.5, 0.6) is 5.88 Å². The van der Waals surface area contributed by atoms with Gasteiger partial charge < -0.3 is 20.1 Å². The molecule has 4 rings (SSSR count). The minimum Gasteiger partial charge on any atom is -0.481 e. The first-order valence-corrected chi connectivity index (χ1v) is 11.5. The van der Waals surface area contributed by atoms with Crippen LogP contribution in [0.15, 0.2) is 66.9 Å². The second kappa shape index (κ2) is 10.1. The maximum atomic E-state index is 13.5. The van der Waals surface area contributed by atoms with Crippen LogP contribution in [-0.4, -0.2) is 35.5 Å². The fourth-order valence-corrected chi connectivity index (χ4v) is 4.43. The van der Waals surface area contributed by atoms with E-state index >= 15 is 0 Å². The summed E-state index contributed by atoms with van der Waals surface area (Å²) in [5.74, 6) is -0.314. The fraction of sp³-hybridized carbons (Fsp3) is 0.296. The number of hydrogen-bond donors (Lipinski definition) is 1. The van der Waals surface area contributed by atoms with E-state index in [0.29, 0.717) is 24.4 Å². The predicted molar refractivity (Wildman–Crippen MR) is 129 cm³/mol. The Hall–Kier alpha value is -3.94. The lowest BCUT2D eigenvalue weighted by Crippen LogP contribution is -2.49. The summed E-state index contributed by atoms with van der Waals surface area (Å²) in [6, 6.07) is 17.3. The zero-order valence-corrected chi connectivity index (χ0v) is 19.7. The molecule has 0 aliphatic carbocycles. The summed E-state index contributed by atoms with van der Waals surface area (Å²) in [5, 5.41) is 0. The normalized spacial score (nSPS) is 18.6. The molecule has 1 unspecified atom stereocenters. The van der Waals surface area contributed by atoms with Crippen molar-refractivity contribution in [1.82, 2.24) is 9.88 Å². The van der Waals surface area contributed by atoms with Crippen LogP contribution in [0, 0.1) is 5.82 Å². The van der Waals surface area contributed by atoms with E-state index in [0.717, 1.165) is 16.7 Å². The predicted octanol–water partition coefficient (Wildman–Crippen LogP) is 4.96. The molecule has 1 saturated heterocycles. The molecule has 3 aromatic rings. The van der Waals surface area contributed by atoms with Crippen LogP contribution in [0.4, 0.5) is 9.18 Å². The molecule has 1 fully saturated rings. The quantitative estimate of drug-likeness (QED) is 0.495. The van der Waals surface area contributed by atoms with E-state index in [1.54, 1.807) is 36.4 Å². The number of aromatic nitrogens is 1. The standard InChI is InChI=1S/C27H28FN3O4/c1-18(19-3-5-20(6-4-19)21-7-12-25(34-2)30-17-21)31-16-15-27(35-26(31)33,14-13-24(29)32)22-8-10-23(28)11-9-22/h3-12,17-18H,13-16H2,1-2H3,(H2,29,32)/t18-,27?/m0/s1. The first kappa shape index (κ1) is 24.2. The molecule has 0 saturated carbocycles. The van der Waals surface area contributed by atoms with E-state index in [4.69, 9.17) is 15.2 Å². The lowest BCUT2D eigenvalue weighted by Gasteiger charge is -2.43. The summed E-state index contributed by atoms with van der Waals surface area (Å²) in [5.41, 5.74) is 7.91. The van der Waals surface area contributed by atoms with Crippen LogP contribution in [0.2, 0.25) is 0 Å². The Kier molecular flexibility index (Phi) is 7.00. The first-order chi connectivity index (χ1) is 16.8.